The lowest BCUT2D eigenvalue weighted by atomic mass is 10.0. The van der Waals surface area contributed by atoms with Crippen LogP contribution in [0.2, 0.25) is 0 Å². The Hall–Kier alpha value is -2.73. The first-order valence-corrected chi connectivity index (χ1v) is 11.4. The molecule has 3 heterocycles. The topological polar surface area (TPSA) is 62.5 Å². The van der Waals surface area contributed by atoms with Crippen LogP contribution in [0.25, 0.3) is 5.65 Å². The molecule has 1 unspecified atom stereocenters. The molecular formula is C25H33N5O. The highest BCUT2D eigenvalue weighted by Crippen LogP contribution is 2.20. The number of fused-ring (bicyclic) bond motifs is 1. The fourth-order valence-corrected chi connectivity index (χ4v) is 4.62. The summed E-state index contributed by atoms with van der Waals surface area (Å²) in [5, 5.41) is 7.54. The maximum Gasteiger partial charge on any atom is 0.256 e. The summed E-state index contributed by atoms with van der Waals surface area (Å²) in [6.45, 7) is 10.5. The van der Waals surface area contributed by atoms with Crippen LogP contribution in [0, 0.1) is 19.8 Å². The van der Waals surface area contributed by atoms with Crippen molar-refractivity contribution in [2.75, 3.05) is 26.2 Å². The van der Waals surface area contributed by atoms with E-state index < -0.39 is 0 Å². The first-order chi connectivity index (χ1) is 15.0. The number of nitrogens with zero attached hydrogens (tertiary/aromatic N) is 4. The van der Waals surface area contributed by atoms with E-state index in [0.717, 1.165) is 42.3 Å². The van der Waals surface area contributed by atoms with Gasteiger partial charge >= 0.3 is 0 Å². The van der Waals surface area contributed by atoms with Crippen LogP contribution in [0.4, 0.5) is 0 Å². The van der Waals surface area contributed by atoms with Crippen molar-refractivity contribution < 1.29 is 4.79 Å². The van der Waals surface area contributed by atoms with Crippen molar-refractivity contribution in [3.63, 3.8) is 0 Å². The van der Waals surface area contributed by atoms with Crippen LogP contribution in [0.1, 0.15) is 59.1 Å². The Bertz CT molecular complexity index is 1040. The molecule has 1 fully saturated rings. The quantitative estimate of drug-likeness (QED) is 0.592. The van der Waals surface area contributed by atoms with Crippen LogP contribution in [0.5, 0.6) is 0 Å². The monoisotopic (exact) mass is 419 g/mol. The summed E-state index contributed by atoms with van der Waals surface area (Å²) in [4.78, 5) is 20.1. The summed E-state index contributed by atoms with van der Waals surface area (Å²) in [7, 11) is 0. The van der Waals surface area contributed by atoms with Gasteiger partial charge in [0.05, 0.1) is 6.20 Å². The van der Waals surface area contributed by atoms with E-state index in [0.29, 0.717) is 17.8 Å². The van der Waals surface area contributed by atoms with Gasteiger partial charge in [-0.25, -0.2) is 9.50 Å². The van der Waals surface area contributed by atoms with Gasteiger partial charge in [0, 0.05) is 30.9 Å². The second kappa shape index (κ2) is 9.60. The van der Waals surface area contributed by atoms with Gasteiger partial charge in [0.1, 0.15) is 5.56 Å². The van der Waals surface area contributed by atoms with Crippen molar-refractivity contribution >= 4 is 11.6 Å². The lowest BCUT2D eigenvalue weighted by Gasteiger charge is -2.30. The second-order valence-electron chi connectivity index (χ2n) is 8.87. The molecule has 1 aromatic carbocycles. The van der Waals surface area contributed by atoms with Crippen molar-refractivity contribution in [3.05, 3.63) is 64.6 Å². The smallest absolute Gasteiger partial charge is 0.256 e. The zero-order chi connectivity index (χ0) is 21.8. The van der Waals surface area contributed by atoms with Crippen molar-refractivity contribution in [3.8, 4) is 0 Å². The van der Waals surface area contributed by atoms with Gasteiger partial charge in [-0.15, -0.1) is 0 Å². The average Bonchev–Trinajstić information content (AvgIpc) is 3.19. The molecule has 4 rings (SSSR count). The predicted molar refractivity (Wildman–Crippen MR) is 123 cm³/mol. The molecule has 6 nitrogen and oxygen atoms in total. The van der Waals surface area contributed by atoms with Gasteiger partial charge in [-0.2, -0.15) is 5.10 Å². The predicted octanol–water partition coefficient (Wildman–Crippen LogP) is 3.79. The van der Waals surface area contributed by atoms with Gasteiger partial charge in [-0.3, -0.25) is 4.79 Å². The van der Waals surface area contributed by atoms with Crippen molar-refractivity contribution in [2.45, 2.75) is 46.5 Å². The molecule has 1 amide bonds. The Morgan fingerprint density at radius 2 is 2.03 bits per heavy atom. The summed E-state index contributed by atoms with van der Waals surface area (Å²) in [5.41, 5.74) is 5.55. The van der Waals surface area contributed by atoms with E-state index in [4.69, 9.17) is 4.98 Å². The number of hydrogen-bond acceptors (Lipinski definition) is 4. The largest absolute Gasteiger partial charge is 0.352 e. The number of amides is 1. The SMILES string of the molecule is Cc1nc2c(C(=O)NCCCN3CCCC(C)C3)cnn2c(C)c1Cc1ccccc1. The van der Waals surface area contributed by atoms with Gasteiger partial charge in [-0.05, 0) is 63.2 Å². The minimum atomic E-state index is -0.0934. The first-order valence-electron chi connectivity index (χ1n) is 11.4. The summed E-state index contributed by atoms with van der Waals surface area (Å²) in [6, 6.07) is 10.4. The maximum absolute atomic E-state index is 12.8. The van der Waals surface area contributed by atoms with E-state index in [9.17, 15) is 4.79 Å². The van der Waals surface area contributed by atoms with Gasteiger partial charge in [0.2, 0.25) is 0 Å². The van der Waals surface area contributed by atoms with Gasteiger partial charge in [0.25, 0.3) is 5.91 Å². The number of hydrogen-bond donors (Lipinski definition) is 1. The van der Waals surface area contributed by atoms with Crippen LogP contribution < -0.4 is 5.32 Å². The molecule has 3 aromatic rings. The Kier molecular flexibility index (Phi) is 6.66. The lowest BCUT2D eigenvalue weighted by molar-refractivity contribution is 0.0951. The van der Waals surface area contributed by atoms with Crippen LogP contribution in [0.3, 0.4) is 0 Å². The van der Waals surface area contributed by atoms with Gasteiger partial charge in [-0.1, -0.05) is 37.3 Å². The summed E-state index contributed by atoms with van der Waals surface area (Å²) >= 11 is 0. The Morgan fingerprint density at radius 3 is 2.81 bits per heavy atom. The van der Waals surface area contributed by atoms with Gasteiger partial charge in [0.15, 0.2) is 5.65 Å². The van der Waals surface area contributed by atoms with Gasteiger partial charge < -0.3 is 10.2 Å². The third kappa shape index (κ3) is 4.96. The molecule has 6 heteroatoms. The van der Waals surface area contributed by atoms with Crippen molar-refractivity contribution in [1.82, 2.24) is 24.8 Å². The van der Waals surface area contributed by atoms with E-state index in [-0.39, 0.29) is 5.91 Å². The Balaban J connectivity index is 1.41. The van der Waals surface area contributed by atoms with Crippen LogP contribution >= 0.6 is 0 Å². The Morgan fingerprint density at radius 1 is 1.23 bits per heavy atom. The summed E-state index contributed by atoms with van der Waals surface area (Å²) in [6.07, 6.45) is 6.03. The average molecular weight is 420 g/mol. The highest BCUT2D eigenvalue weighted by atomic mass is 16.1. The molecular weight excluding hydrogens is 386 g/mol. The number of rotatable bonds is 7. The van der Waals surface area contributed by atoms with E-state index in [2.05, 4.69) is 34.4 Å². The van der Waals surface area contributed by atoms with E-state index in [1.165, 1.54) is 31.5 Å². The maximum atomic E-state index is 12.8. The molecule has 0 spiro atoms. The number of aromatic nitrogens is 3. The third-order valence-corrected chi connectivity index (χ3v) is 6.35. The molecule has 0 saturated carbocycles. The number of aryl methyl sites for hydroxylation is 2. The molecule has 164 valence electrons. The molecule has 0 radical (unpaired) electrons. The highest BCUT2D eigenvalue weighted by Gasteiger charge is 2.19. The molecule has 1 aliphatic rings. The summed E-state index contributed by atoms with van der Waals surface area (Å²) < 4.78 is 1.80. The molecule has 1 atom stereocenters. The number of carbonyl (C=O) groups excluding carboxylic acids is 1. The fourth-order valence-electron chi connectivity index (χ4n) is 4.62. The number of piperidine rings is 1. The number of nitrogens with one attached hydrogen (secondary N) is 1. The second-order valence-corrected chi connectivity index (χ2v) is 8.87. The number of carbonyl (C=O) groups is 1. The molecule has 2 aromatic heterocycles. The molecule has 1 N–H and O–H groups in total. The number of benzene rings is 1. The Labute approximate surface area is 184 Å². The zero-order valence-electron chi connectivity index (χ0n) is 18.9. The van der Waals surface area contributed by atoms with Crippen LogP contribution in [-0.2, 0) is 6.42 Å². The molecule has 31 heavy (non-hydrogen) atoms. The lowest BCUT2D eigenvalue weighted by Crippen LogP contribution is -2.36. The minimum absolute atomic E-state index is 0.0934. The van der Waals surface area contributed by atoms with Crippen molar-refractivity contribution in [2.24, 2.45) is 5.92 Å². The van der Waals surface area contributed by atoms with Crippen molar-refractivity contribution in [1.29, 1.82) is 0 Å². The van der Waals surface area contributed by atoms with E-state index in [1.807, 2.05) is 32.0 Å². The van der Waals surface area contributed by atoms with E-state index >= 15 is 0 Å². The fraction of sp³-hybridized carbons (Fsp3) is 0.480. The number of likely N-dealkylation sites (tertiary alicyclic amines) is 1. The first kappa shape index (κ1) is 21.5. The normalized spacial score (nSPS) is 17.2. The zero-order valence-corrected chi connectivity index (χ0v) is 18.9. The van der Waals surface area contributed by atoms with Crippen LogP contribution in [0.15, 0.2) is 36.5 Å². The molecule has 1 aliphatic heterocycles. The summed E-state index contributed by atoms with van der Waals surface area (Å²) in [5.74, 6) is 0.690. The molecule has 1 saturated heterocycles. The highest BCUT2D eigenvalue weighted by molar-refractivity contribution is 5.99. The van der Waals surface area contributed by atoms with E-state index in [1.54, 1.807) is 10.7 Å². The molecule has 0 bridgehead atoms. The molecule has 0 aliphatic carbocycles. The third-order valence-electron chi connectivity index (χ3n) is 6.35. The standard InChI is InChI=1S/C25H33N5O/c1-18-9-7-13-29(17-18)14-8-12-26-25(31)23-16-27-30-20(3)22(19(2)28-24(23)30)15-21-10-5-4-6-11-21/h4-6,10-11,16,18H,7-9,12-15,17H2,1-3H3,(H,26,31). The van der Waals surface area contributed by atoms with Crippen LogP contribution in [-0.4, -0.2) is 51.6 Å². The minimum Gasteiger partial charge on any atom is -0.352 e.